The van der Waals surface area contributed by atoms with Crippen LogP contribution in [0.15, 0.2) is 16.2 Å². The lowest BCUT2D eigenvalue weighted by Gasteiger charge is -2.11. The molecule has 0 unspecified atom stereocenters. The zero-order valence-corrected chi connectivity index (χ0v) is 13.7. The molecule has 0 aliphatic heterocycles. The second-order valence-electron chi connectivity index (χ2n) is 4.80. The van der Waals surface area contributed by atoms with E-state index in [-0.39, 0.29) is 0 Å². The molecule has 0 bridgehead atoms. The van der Waals surface area contributed by atoms with E-state index >= 15 is 0 Å². The number of hydrogen-bond donors (Lipinski definition) is 1. The molecule has 0 amide bonds. The molecule has 1 aliphatic rings. The highest BCUT2D eigenvalue weighted by molar-refractivity contribution is 7.99. The van der Waals surface area contributed by atoms with Crippen LogP contribution in [-0.4, -0.2) is 32.2 Å². The van der Waals surface area contributed by atoms with E-state index in [0.29, 0.717) is 32.1 Å². The Morgan fingerprint density at radius 2 is 2.05 bits per heavy atom. The molecule has 0 saturated heterocycles. The Morgan fingerprint density at radius 1 is 1.29 bits per heavy atom. The molecule has 6 nitrogen and oxygen atoms in total. The summed E-state index contributed by atoms with van der Waals surface area (Å²) in [6.45, 7) is 0. The van der Waals surface area contributed by atoms with E-state index < -0.39 is 0 Å². The van der Waals surface area contributed by atoms with Gasteiger partial charge in [-0.2, -0.15) is 0 Å². The van der Waals surface area contributed by atoms with Crippen molar-refractivity contribution in [1.82, 2.24) is 25.2 Å². The molecule has 9 heteroatoms. The number of nitrogens with zero attached hydrogens (tertiary/aromatic N) is 5. The van der Waals surface area contributed by atoms with Crippen molar-refractivity contribution in [2.45, 2.75) is 41.9 Å². The van der Waals surface area contributed by atoms with Crippen molar-refractivity contribution in [2.24, 2.45) is 0 Å². The highest BCUT2D eigenvalue weighted by atomic mass is 35.5. The summed E-state index contributed by atoms with van der Waals surface area (Å²) in [5, 5.41) is 17.2. The number of pyridine rings is 1. The molecule has 1 saturated carbocycles. The average molecular weight is 345 g/mol. The summed E-state index contributed by atoms with van der Waals surface area (Å²) in [6.07, 6.45) is 4.67. The molecule has 0 atom stereocenters. The molecule has 0 radical (unpaired) electrons. The van der Waals surface area contributed by atoms with Crippen LogP contribution in [0.4, 0.5) is 5.82 Å². The minimum Gasteiger partial charge on any atom is -0.372 e. The topological polar surface area (TPSA) is 68.5 Å². The van der Waals surface area contributed by atoms with Crippen LogP contribution in [0.5, 0.6) is 0 Å². The molecular formula is C12H14Cl2N6S. The fourth-order valence-electron chi connectivity index (χ4n) is 2.41. The Kier molecular flexibility index (Phi) is 4.51. The summed E-state index contributed by atoms with van der Waals surface area (Å²) in [6, 6.07) is 2.05. The van der Waals surface area contributed by atoms with Crippen LogP contribution >= 0.6 is 35.0 Å². The summed E-state index contributed by atoms with van der Waals surface area (Å²) in [5.41, 5.74) is 0. The molecular weight excluding hydrogens is 331 g/mol. The van der Waals surface area contributed by atoms with Gasteiger partial charge >= 0.3 is 0 Å². The number of anilines is 1. The van der Waals surface area contributed by atoms with Crippen molar-refractivity contribution in [2.75, 3.05) is 12.4 Å². The normalized spacial score (nSPS) is 15.6. The minimum absolute atomic E-state index is 0.373. The van der Waals surface area contributed by atoms with Gasteiger partial charge in [0.2, 0.25) is 5.16 Å². The summed E-state index contributed by atoms with van der Waals surface area (Å²) < 4.78 is 1.88. The van der Waals surface area contributed by atoms with E-state index in [1.165, 1.54) is 24.6 Å². The van der Waals surface area contributed by atoms with Crippen LogP contribution in [0.3, 0.4) is 0 Å². The molecule has 0 aromatic carbocycles. The molecule has 1 aliphatic carbocycles. The molecule has 0 spiro atoms. The fourth-order valence-corrected chi connectivity index (χ4v) is 3.81. The van der Waals surface area contributed by atoms with Crippen LogP contribution < -0.4 is 5.32 Å². The van der Waals surface area contributed by atoms with Crippen LogP contribution in [0, 0.1) is 0 Å². The lowest BCUT2D eigenvalue weighted by molar-refractivity contribution is 0.423. The van der Waals surface area contributed by atoms with Gasteiger partial charge in [-0.05, 0) is 41.1 Å². The maximum absolute atomic E-state index is 6.21. The zero-order chi connectivity index (χ0) is 14.8. The minimum atomic E-state index is 0.373. The van der Waals surface area contributed by atoms with E-state index in [0.717, 1.165) is 12.8 Å². The van der Waals surface area contributed by atoms with Crippen LogP contribution in [-0.2, 0) is 0 Å². The molecule has 3 rings (SSSR count). The third kappa shape index (κ3) is 3.09. The van der Waals surface area contributed by atoms with Gasteiger partial charge in [0.15, 0.2) is 0 Å². The third-order valence-electron chi connectivity index (χ3n) is 3.46. The van der Waals surface area contributed by atoms with Gasteiger partial charge in [-0.3, -0.25) is 0 Å². The molecule has 2 aromatic rings. The Balaban J connectivity index is 1.89. The number of hydrogen-bond acceptors (Lipinski definition) is 6. The van der Waals surface area contributed by atoms with E-state index in [2.05, 4.69) is 25.8 Å². The van der Waals surface area contributed by atoms with Gasteiger partial charge in [0, 0.05) is 7.05 Å². The number of halogens is 2. The van der Waals surface area contributed by atoms with Gasteiger partial charge < -0.3 is 5.32 Å². The van der Waals surface area contributed by atoms with E-state index in [9.17, 15) is 0 Å². The Labute approximate surface area is 136 Å². The Hall–Kier alpha value is -1.05. The van der Waals surface area contributed by atoms with Gasteiger partial charge in [0.05, 0.1) is 16.1 Å². The van der Waals surface area contributed by atoms with Gasteiger partial charge in [-0.15, -0.1) is 5.10 Å². The quantitative estimate of drug-likeness (QED) is 0.912. The van der Waals surface area contributed by atoms with E-state index in [4.69, 9.17) is 23.2 Å². The lowest BCUT2D eigenvalue weighted by atomic mass is 10.3. The lowest BCUT2D eigenvalue weighted by Crippen LogP contribution is -2.08. The number of tetrazole rings is 1. The van der Waals surface area contributed by atoms with Crippen molar-refractivity contribution in [1.29, 1.82) is 0 Å². The highest BCUT2D eigenvalue weighted by Crippen LogP contribution is 2.37. The SMILES string of the molecule is CNc1nc(Sc2nnnn2C2CCCC2)c(Cl)cc1Cl. The summed E-state index contributed by atoms with van der Waals surface area (Å²) in [4.78, 5) is 4.41. The standard InChI is InChI=1S/C12H14Cl2N6S/c1-15-10-8(13)6-9(14)11(16-10)21-12-17-18-19-20(12)7-4-2-3-5-7/h6-7H,2-5H2,1H3,(H,15,16). The van der Waals surface area contributed by atoms with Gasteiger partial charge in [-0.1, -0.05) is 36.0 Å². The van der Waals surface area contributed by atoms with Crippen molar-refractivity contribution in [3.63, 3.8) is 0 Å². The third-order valence-corrected chi connectivity index (χ3v) is 5.10. The summed E-state index contributed by atoms with van der Waals surface area (Å²) in [7, 11) is 1.76. The van der Waals surface area contributed by atoms with Crippen LogP contribution in [0.1, 0.15) is 31.7 Å². The van der Waals surface area contributed by atoms with Crippen molar-refractivity contribution in [3.05, 3.63) is 16.1 Å². The summed E-state index contributed by atoms with van der Waals surface area (Å²) >= 11 is 13.6. The predicted molar refractivity (Wildman–Crippen MR) is 83.2 cm³/mol. The Morgan fingerprint density at radius 3 is 2.76 bits per heavy atom. The number of nitrogens with one attached hydrogen (secondary N) is 1. The van der Waals surface area contributed by atoms with E-state index in [1.807, 2.05) is 4.68 Å². The monoisotopic (exact) mass is 344 g/mol. The molecule has 1 fully saturated rings. The van der Waals surface area contributed by atoms with Gasteiger partial charge in [-0.25, -0.2) is 9.67 Å². The van der Waals surface area contributed by atoms with Crippen LogP contribution in [0.2, 0.25) is 10.0 Å². The van der Waals surface area contributed by atoms with Crippen LogP contribution in [0.25, 0.3) is 0 Å². The first-order chi connectivity index (χ1) is 10.2. The molecule has 112 valence electrons. The molecule has 1 N–H and O–H groups in total. The maximum atomic E-state index is 6.21. The smallest absolute Gasteiger partial charge is 0.215 e. The second-order valence-corrected chi connectivity index (χ2v) is 6.57. The summed E-state index contributed by atoms with van der Waals surface area (Å²) in [5.74, 6) is 0.587. The first-order valence-electron chi connectivity index (χ1n) is 6.68. The fraction of sp³-hybridized carbons (Fsp3) is 0.500. The van der Waals surface area contributed by atoms with Crippen molar-refractivity contribution in [3.8, 4) is 0 Å². The molecule has 2 heterocycles. The maximum Gasteiger partial charge on any atom is 0.215 e. The van der Waals surface area contributed by atoms with Crippen molar-refractivity contribution >= 4 is 40.8 Å². The number of rotatable bonds is 4. The van der Waals surface area contributed by atoms with Gasteiger partial charge in [0.25, 0.3) is 0 Å². The van der Waals surface area contributed by atoms with E-state index in [1.54, 1.807) is 13.1 Å². The largest absolute Gasteiger partial charge is 0.372 e. The average Bonchev–Trinajstić information content (AvgIpc) is 3.12. The molecule has 2 aromatic heterocycles. The Bertz CT molecular complexity index is 641. The molecule has 21 heavy (non-hydrogen) atoms. The first kappa shape index (κ1) is 14.9. The first-order valence-corrected chi connectivity index (χ1v) is 8.26. The van der Waals surface area contributed by atoms with Gasteiger partial charge in [0.1, 0.15) is 10.8 Å². The second kappa shape index (κ2) is 6.37. The highest BCUT2D eigenvalue weighted by Gasteiger charge is 2.23. The predicted octanol–water partition coefficient (Wildman–Crippen LogP) is 3.68. The number of aromatic nitrogens is 5. The zero-order valence-electron chi connectivity index (χ0n) is 11.4. The van der Waals surface area contributed by atoms with Crippen molar-refractivity contribution < 1.29 is 0 Å².